The maximum Gasteiger partial charge on any atom is 0.182 e. The summed E-state index contributed by atoms with van der Waals surface area (Å²) in [4.78, 5) is 2.06. The Hall–Kier alpha value is -1.45. The van der Waals surface area contributed by atoms with Crippen molar-refractivity contribution in [1.82, 2.24) is 10.2 Å². The number of hydrogen-bond donors (Lipinski definition) is 2. The highest BCUT2D eigenvalue weighted by Gasteiger charge is 2.03. The van der Waals surface area contributed by atoms with Gasteiger partial charge in [-0.15, -0.1) is 0 Å². The Kier molecular flexibility index (Phi) is 6.33. The molecule has 18 heavy (non-hydrogen) atoms. The van der Waals surface area contributed by atoms with Gasteiger partial charge in [-0.2, -0.15) is 17.0 Å². The maximum absolute atomic E-state index is 8.32. The summed E-state index contributed by atoms with van der Waals surface area (Å²) in [5.74, 6) is 3.79. The molecule has 0 spiro atoms. The van der Waals surface area contributed by atoms with Crippen molar-refractivity contribution in [1.29, 1.82) is 10.7 Å². The molecule has 0 aromatic carbocycles. The predicted octanol–water partition coefficient (Wildman–Crippen LogP) is 2.01. The van der Waals surface area contributed by atoms with Crippen LogP contribution in [0.4, 0.5) is 0 Å². The van der Waals surface area contributed by atoms with Crippen molar-refractivity contribution in [2.75, 3.05) is 19.8 Å². The highest BCUT2D eigenvalue weighted by molar-refractivity contribution is 7.98. The molecule has 0 bridgehead atoms. The monoisotopic (exact) mass is 266 g/mol. The molecule has 0 atom stereocenters. The SMILES string of the molecule is CN(C)Cc1ccc(CSCCC(=N)NC#N)o1. The number of thioether (sulfide) groups is 1. The van der Waals surface area contributed by atoms with Gasteiger partial charge in [0.1, 0.15) is 17.4 Å². The number of nitrogens with zero attached hydrogens (tertiary/aromatic N) is 2. The minimum absolute atomic E-state index is 0.262. The Morgan fingerprint density at radius 2 is 2.22 bits per heavy atom. The lowest BCUT2D eigenvalue weighted by atomic mass is 10.4. The lowest BCUT2D eigenvalue weighted by Gasteiger charge is -2.05. The molecular formula is C12H18N4OS. The average Bonchev–Trinajstić information content (AvgIpc) is 2.71. The van der Waals surface area contributed by atoms with Crippen molar-refractivity contribution in [3.8, 4) is 6.19 Å². The van der Waals surface area contributed by atoms with Gasteiger partial charge in [-0.1, -0.05) is 0 Å². The van der Waals surface area contributed by atoms with Gasteiger partial charge in [-0.25, -0.2) is 0 Å². The average molecular weight is 266 g/mol. The molecule has 0 aliphatic rings. The van der Waals surface area contributed by atoms with Crippen LogP contribution in [0.2, 0.25) is 0 Å². The van der Waals surface area contributed by atoms with Crippen LogP contribution in [0.15, 0.2) is 16.5 Å². The lowest BCUT2D eigenvalue weighted by Crippen LogP contribution is -2.16. The van der Waals surface area contributed by atoms with E-state index in [4.69, 9.17) is 15.1 Å². The Morgan fingerprint density at radius 3 is 2.89 bits per heavy atom. The smallest absolute Gasteiger partial charge is 0.182 e. The minimum atomic E-state index is 0.262. The van der Waals surface area contributed by atoms with Crippen LogP contribution in [0.5, 0.6) is 0 Å². The van der Waals surface area contributed by atoms with Crippen LogP contribution >= 0.6 is 11.8 Å². The normalized spacial score (nSPS) is 10.3. The van der Waals surface area contributed by atoms with Crippen LogP contribution < -0.4 is 5.32 Å². The van der Waals surface area contributed by atoms with E-state index in [1.807, 2.05) is 26.2 Å². The summed E-state index contributed by atoms with van der Waals surface area (Å²) in [6, 6.07) is 3.99. The van der Waals surface area contributed by atoms with E-state index >= 15 is 0 Å². The zero-order chi connectivity index (χ0) is 13.4. The number of rotatable bonds is 7. The molecule has 98 valence electrons. The minimum Gasteiger partial charge on any atom is -0.464 e. The summed E-state index contributed by atoms with van der Waals surface area (Å²) in [5, 5.41) is 18.0. The second-order valence-corrected chi connectivity index (χ2v) is 5.23. The Balaban J connectivity index is 2.21. The van der Waals surface area contributed by atoms with Gasteiger partial charge in [0.2, 0.25) is 0 Å². The van der Waals surface area contributed by atoms with E-state index in [1.165, 1.54) is 0 Å². The molecule has 6 heteroatoms. The summed E-state index contributed by atoms with van der Waals surface area (Å²) in [6.45, 7) is 0.807. The van der Waals surface area contributed by atoms with E-state index < -0.39 is 0 Å². The maximum atomic E-state index is 8.32. The van der Waals surface area contributed by atoms with Gasteiger partial charge in [-0.3, -0.25) is 10.7 Å². The van der Waals surface area contributed by atoms with Gasteiger partial charge in [0.05, 0.1) is 12.3 Å². The molecule has 0 fully saturated rings. The van der Waals surface area contributed by atoms with Crippen LogP contribution in [0, 0.1) is 16.9 Å². The molecule has 0 radical (unpaired) electrons. The van der Waals surface area contributed by atoms with Crippen LogP contribution in [-0.4, -0.2) is 30.6 Å². The van der Waals surface area contributed by atoms with Gasteiger partial charge >= 0.3 is 0 Å². The summed E-state index contributed by atoms with van der Waals surface area (Å²) >= 11 is 1.70. The molecule has 1 heterocycles. The first-order chi connectivity index (χ1) is 8.61. The largest absolute Gasteiger partial charge is 0.464 e. The van der Waals surface area contributed by atoms with E-state index in [1.54, 1.807) is 18.0 Å². The van der Waals surface area contributed by atoms with Crippen LogP contribution in [0.3, 0.4) is 0 Å². The molecule has 2 N–H and O–H groups in total. The first-order valence-corrected chi connectivity index (χ1v) is 6.80. The number of furan rings is 1. The van der Waals surface area contributed by atoms with Crippen LogP contribution in [-0.2, 0) is 12.3 Å². The molecule has 5 nitrogen and oxygen atoms in total. The van der Waals surface area contributed by atoms with E-state index in [0.29, 0.717) is 6.42 Å². The molecular weight excluding hydrogens is 248 g/mol. The zero-order valence-electron chi connectivity index (χ0n) is 10.7. The van der Waals surface area contributed by atoms with Gasteiger partial charge in [0.15, 0.2) is 6.19 Å². The fraction of sp³-hybridized carbons (Fsp3) is 0.500. The summed E-state index contributed by atoms with van der Waals surface area (Å²) in [7, 11) is 4.01. The van der Waals surface area contributed by atoms with Crippen molar-refractivity contribution >= 4 is 17.6 Å². The van der Waals surface area contributed by atoms with Crippen molar-refractivity contribution in [3.05, 3.63) is 23.7 Å². The van der Waals surface area contributed by atoms with Crippen molar-refractivity contribution in [3.63, 3.8) is 0 Å². The third-order valence-electron chi connectivity index (χ3n) is 2.14. The molecule has 0 saturated carbocycles. The third-order valence-corrected chi connectivity index (χ3v) is 3.12. The highest BCUT2D eigenvalue weighted by Crippen LogP contribution is 2.16. The van der Waals surface area contributed by atoms with Gasteiger partial charge < -0.3 is 9.32 Å². The molecule has 1 aromatic heterocycles. The number of nitriles is 1. The Labute approximate surface area is 112 Å². The summed E-state index contributed by atoms with van der Waals surface area (Å²) in [6.07, 6.45) is 2.31. The van der Waals surface area contributed by atoms with Crippen LogP contribution in [0.25, 0.3) is 0 Å². The van der Waals surface area contributed by atoms with E-state index in [0.717, 1.165) is 29.6 Å². The fourth-order valence-corrected chi connectivity index (χ4v) is 2.22. The number of nitrogens with one attached hydrogen (secondary N) is 2. The van der Waals surface area contributed by atoms with Crippen LogP contribution in [0.1, 0.15) is 17.9 Å². The summed E-state index contributed by atoms with van der Waals surface area (Å²) < 4.78 is 5.66. The summed E-state index contributed by atoms with van der Waals surface area (Å²) in [5.41, 5.74) is 0. The molecule has 0 saturated heterocycles. The molecule has 1 aromatic rings. The second-order valence-electron chi connectivity index (χ2n) is 4.12. The molecule has 0 aliphatic heterocycles. The predicted molar refractivity (Wildman–Crippen MR) is 73.4 cm³/mol. The number of amidine groups is 1. The molecule has 1 rings (SSSR count). The quantitative estimate of drug-likeness (QED) is 0.259. The topological polar surface area (TPSA) is 76.1 Å². The molecule has 0 amide bonds. The fourth-order valence-electron chi connectivity index (χ4n) is 1.37. The van der Waals surface area contributed by atoms with Crippen molar-refractivity contribution < 1.29 is 4.42 Å². The Morgan fingerprint density at radius 1 is 1.50 bits per heavy atom. The van der Waals surface area contributed by atoms with E-state index in [9.17, 15) is 0 Å². The van der Waals surface area contributed by atoms with Gasteiger partial charge in [0, 0.05) is 12.2 Å². The highest BCUT2D eigenvalue weighted by atomic mass is 32.2. The number of hydrogen-bond acceptors (Lipinski definition) is 5. The van der Waals surface area contributed by atoms with E-state index in [-0.39, 0.29) is 5.84 Å². The van der Waals surface area contributed by atoms with E-state index in [2.05, 4.69) is 10.2 Å². The standard InChI is InChI=1S/C12H18N4OS/c1-16(2)7-10-3-4-11(17-10)8-18-6-5-12(14)15-9-13/h3-4H,5-8H2,1-2H3,(H2,14,15). The van der Waals surface area contributed by atoms with Crippen molar-refractivity contribution in [2.45, 2.75) is 18.7 Å². The second kappa shape index (κ2) is 7.80. The first-order valence-electron chi connectivity index (χ1n) is 5.64. The third kappa shape index (κ3) is 5.75. The zero-order valence-corrected chi connectivity index (χ0v) is 11.5. The molecule has 0 aliphatic carbocycles. The van der Waals surface area contributed by atoms with Crippen molar-refractivity contribution in [2.24, 2.45) is 0 Å². The van der Waals surface area contributed by atoms with Gasteiger partial charge in [0.25, 0.3) is 0 Å². The molecule has 0 unspecified atom stereocenters. The Bertz CT molecular complexity index is 422. The lowest BCUT2D eigenvalue weighted by molar-refractivity contribution is 0.344. The van der Waals surface area contributed by atoms with Gasteiger partial charge in [-0.05, 0) is 26.2 Å². The first kappa shape index (κ1) is 14.6.